The molecular weight excluding hydrogens is 286 g/mol. The third-order valence-corrected chi connectivity index (χ3v) is 6.63. The van der Waals surface area contributed by atoms with Crippen LogP contribution in [0, 0.1) is 12.8 Å². The van der Waals surface area contributed by atoms with Gasteiger partial charge in [0.2, 0.25) is 10.0 Å². The summed E-state index contributed by atoms with van der Waals surface area (Å²) in [6.07, 6.45) is 4.00. The van der Waals surface area contributed by atoms with E-state index in [1.807, 2.05) is 19.1 Å². The molecule has 1 aliphatic carbocycles. The maximum atomic E-state index is 12.8. The van der Waals surface area contributed by atoms with Gasteiger partial charge in [-0.2, -0.15) is 4.31 Å². The molecule has 2 atom stereocenters. The van der Waals surface area contributed by atoms with Crippen LogP contribution in [0.3, 0.4) is 0 Å². The molecule has 0 N–H and O–H groups in total. The maximum absolute atomic E-state index is 12.8. The van der Waals surface area contributed by atoms with Gasteiger partial charge in [0.1, 0.15) is 5.78 Å². The number of hydrogen-bond acceptors (Lipinski definition) is 3. The number of aryl methyl sites for hydroxylation is 1. The van der Waals surface area contributed by atoms with Crippen LogP contribution in [0.5, 0.6) is 0 Å². The summed E-state index contributed by atoms with van der Waals surface area (Å²) in [7, 11) is -3.48. The van der Waals surface area contributed by atoms with Crippen molar-refractivity contribution in [1.82, 2.24) is 4.31 Å². The van der Waals surface area contributed by atoms with Crippen LogP contribution in [0.2, 0.25) is 0 Å². The molecule has 1 saturated heterocycles. The number of hydrogen-bond donors (Lipinski definition) is 0. The number of sulfonamides is 1. The van der Waals surface area contributed by atoms with Crippen molar-refractivity contribution in [2.24, 2.45) is 5.92 Å². The Morgan fingerprint density at radius 3 is 2.43 bits per heavy atom. The van der Waals surface area contributed by atoms with E-state index in [0.29, 0.717) is 17.9 Å². The highest BCUT2D eigenvalue weighted by atomic mass is 32.2. The fraction of sp³-hybridized carbons (Fsp3) is 0.562. The van der Waals surface area contributed by atoms with Crippen molar-refractivity contribution in [2.45, 2.75) is 50.0 Å². The summed E-state index contributed by atoms with van der Waals surface area (Å²) < 4.78 is 27.2. The summed E-state index contributed by atoms with van der Waals surface area (Å²) >= 11 is 0. The van der Waals surface area contributed by atoms with Gasteiger partial charge in [-0.25, -0.2) is 8.42 Å². The normalized spacial score (nSPS) is 27.4. The lowest BCUT2D eigenvalue weighted by Gasteiger charge is -2.27. The molecule has 0 amide bonds. The molecule has 0 spiro atoms. The van der Waals surface area contributed by atoms with Crippen molar-refractivity contribution in [3.8, 4) is 0 Å². The number of nitrogens with zero attached hydrogens (tertiary/aromatic N) is 1. The lowest BCUT2D eigenvalue weighted by atomic mass is 9.96. The van der Waals surface area contributed by atoms with Crippen LogP contribution in [0.25, 0.3) is 0 Å². The summed E-state index contributed by atoms with van der Waals surface area (Å²) in [5.41, 5.74) is 1.04. The minimum atomic E-state index is -3.48. The molecule has 2 fully saturated rings. The number of benzene rings is 1. The molecule has 1 saturated carbocycles. The standard InChI is InChI=1S/C16H21NO3S/c1-12-7-9-13(10-8-12)21(19,20)17-11-3-5-15(17)14-4-2-6-16(14)18/h7-10,14-15H,2-6,11H2,1H3. The molecule has 3 rings (SSSR count). The van der Waals surface area contributed by atoms with E-state index < -0.39 is 10.0 Å². The van der Waals surface area contributed by atoms with Gasteiger partial charge >= 0.3 is 0 Å². The van der Waals surface area contributed by atoms with Gasteiger partial charge in [0.25, 0.3) is 0 Å². The number of ketones is 1. The lowest BCUT2D eigenvalue weighted by molar-refractivity contribution is -0.121. The van der Waals surface area contributed by atoms with Gasteiger partial charge in [-0.3, -0.25) is 4.79 Å². The Bertz CT molecular complexity index is 636. The summed E-state index contributed by atoms with van der Waals surface area (Å²) in [6, 6.07) is 6.83. The van der Waals surface area contributed by atoms with E-state index in [-0.39, 0.29) is 17.7 Å². The zero-order chi connectivity index (χ0) is 15.0. The zero-order valence-corrected chi connectivity index (χ0v) is 13.1. The molecule has 1 aromatic carbocycles. The lowest BCUT2D eigenvalue weighted by Crippen LogP contribution is -2.41. The molecule has 4 nitrogen and oxygen atoms in total. The van der Waals surface area contributed by atoms with Gasteiger partial charge in [0.15, 0.2) is 0 Å². The molecule has 0 aromatic heterocycles. The van der Waals surface area contributed by atoms with E-state index in [4.69, 9.17) is 0 Å². The van der Waals surface area contributed by atoms with Crippen molar-refractivity contribution in [3.63, 3.8) is 0 Å². The highest BCUT2D eigenvalue weighted by molar-refractivity contribution is 7.89. The summed E-state index contributed by atoms with van der Waals surface area (Å²) in [4.78, 5) is 12.3. The van der Waals surface area contributed by atoms with E-state index in [0.717, 1.165) is 31.2 Å². The second-order valence-corrected chi connectivity index (χ2v) is 7.99. The Kier molecular flexibility index (Phi) is 3.88. The molecule has 2 aliphatic rings. The fourth-order valence-corrected chi connectivity index (χ4v) is 5.29. The molecule has 114 valence electrons. The third kappa shape index (κ3) is 2.64. The molecule has 0 bridgehead atoms. The molecule has 5 heteroatoms. The monoisotopic (exact) mass is 307 g/mol. The van der Waals surface area contributed by atoms with Crippen LogP contribution in [0.4, 0.5) is 0 Å². The first-order chi connectivity index (χ1) is 10.00. The minimum absolute atomic E-state index is 0.0901. The summed E-state index contributed by atoms with van der Waals surface area (Å²) in [5, 5.41) is 0. The predicted octanol–water partition coefficient (Wildman–Crippen LogP) is 2.52. The number of Topliss-reactive ketones (excluding diaryl/α,β-unsaturated/α-hetero) is 1. The van der Waals surface area contributed by atoms with Crippen LogP contribution >= 0.6 is 0 Å². The minimum Gasteiger partial charge on any atom is -0.299 e. The molecule has 1 aromatic rings. The highest BCUT2D eigenvalue weighted by Gasteiger charge is 2.43. The average molecular weight is 307 g/mol. The van der Waals surface area contributed by atoms with Gasteiger partial charge < -0.3 is 0 Å². The van der Waals surface area contributed by atoms with Gasteiger partial charge in [-0.05, 0) is 44.7 Å². The Hall–Kier alpha value is -1.20. The van der Waals surface area contributed by atoms with Crippen molar-refractivity contribution < 1.29 is 13.2 Å². The SMILES string of the molecule is Cc1ccc(S(=O)(=O)N2CCCC2C2CCCC2=O)cc1. The Morgan fingerprint density at radius 2 is 1.81 bits per heavy atom. The van der Waals surface area contributed by atoms with Crippen molar-refractivity contribution in [3.05, 3.63) is 29.8 Å². The molecule has 21 heavy (non-hydrogen) atoms. The van der Waals surface area contributed by atoms with Crippen LogP contribution in [0.15, 0.2) is 29.2 Å². The largest absolute Gasteiger partial charge is 0.299 e. The van der Waals surface area contributed by atoms with Gasteiger partial charge in [0, 0.05) is 24.9 Å². The molecular formula is C16H21NO3S. The Balaban J connectivity index is 1.90. The first kappa shape index (κ1) is 14.7. The first-order valence-electron chi connectivity index (χ1n) is 7.61. The second-order valence-electron chi connectivity index (χ2n) is 6.10. The smallest absolute Gasteiger partial charge is 0.243 e. The van der Waals surface area contributed by atoms with Gasteiger partial charge in [-0.1, -0.05) is 17.7 Å². The fourth-order valence-electron chi connectivity index (χ4n) is 3.56. The second kappa shape index (κ2) is 5.54. The van der Waals surface area contributed by atoms with Crippen molar-refractivity contribution in [1.29, 1.82) is 0 Å². The van der Waals surface area contributed by atoms with Crippen LogP contribution in [-0.2, 0) is 14.8 Å². The van der Waals surface area contributed by atoms with E-state index >= 15 is 0 Å². The van der Waals surface area contributed by atoms with Crippen LogP contribution in [-0.4, -0.2) is 31.1 Å². The number of rotatable bonds is 3. The molecule has 1 heterocycles. The van der Waals surface area contributed by atoms with Crippen LogP contribution in [0.1, 0.15) is 37.7 Å². The number of carbonyl (C=O) groups excluding carboxylic acids is 1. The first-order valence-corrected chi connectivity index (χ1v) is 9.05. The van der Waals surface area contributed by atoms with Crippen molar-refractivity contribution in [2.75, 3.05) is 6.54 Å². The summed E-state index contributed by atoms with van der Waals surface area (Å²) in [6.45, 7) is 2.47. The molecule has 2 unspecified atom stereocenters. The third-order valence-electron chi connectivity index (χ3n) is 4.69. The van der Waals surface area contributed by atoms with Crippen LogP contribution < -0.4 is 0 Å². The van der Waals surface area contributed by atoms with E-state index in [1.165, 1.54) is 0 Å². The van der Waals surface area contributed by atoms with E-state index in [9.17, 15) is 13.2 Å². The predicted molar refractivity (Wildman–Crippen MR) is 80.4 cm³/mol. The number of carbonyl (C=O) groups is 1. The average Bonchev–Trinajstić information content (AvgIpc) is 3.07. The van der Waals surface area contributed by atoms with Gasteiger partial charge in [-0.15, -0.1) is 0 Å². The topological polar surface area (TPSA) is 54.5 Å². The Morgan fingerprint density at radius 1 is 1.10 bits per heavy atom. The molecule has 0 radical (unpaired) electrons. The zero-order valence-electron chi connectivity index (χ0n) is 12.3. The summed E-state index contributed by atoms with van der Waals surface area (Å²) in [5.74, 6) is 0.152. The van der Waals surface area contributed by atoms with Gasteiger partial charge in [0.05, 0.1) is 4.90 Å². The van der Waals surface area contributed by atoms with E-state index in [1.54, 1.807) is 16.4 Å². The highest BCUT2D eigenvalue weighted by Crippen LogP contribution is 2.36. The van der Waals surface area contributed by atoms with Crippen molar-refractivity contribution >= 4 is 15.8 Å². The quantitative estimate of drug-likeness (QED) is 0.862. The van der Waals surface area contributed by atoms with E-state index in [2.05, 4.69) is 0 Å². The molecule has 1 aliphatic heterocycles. The Labute approximate surface area is 126 Å². The maximum Gasteiger partial charge on any atom is 0.243 e.